The Bertz CT molecular complexity index is 358. The van der Waals surface area contributed by atoms with Gasteiger partial charge >= 0.3 is 0 Å². The number of rotatable bonds is 2. The Morgan fingerprint density at radius 2 is 2.23 bits per heavy atom. The lowest BCUT2D eigenvalue weighted by molar-refractivity contribution is 0.104. The topological polar surface area (TPSA) is 17.1 Å². The van der Waals surface area contributed by atoms with Gasteiger partial charge in [-0.15, -0.1) is 0 Å². The highest BCUT2D eigenvalue weighted by Gasteiger charge is 2.07. The average Bonchev–Trinajstić information content (AvgIpc) is 2.09. The summed E-state index contributed by atoms with van der Waals surface area (Å²) in [6.07, 6.45) is 2.93. The molecule has 1 aromatic carbocycles. The van der Waals surface area contributed by atoms with Crippen LogP contribution in [0.2, 0.25) is 5.02 Å². The van der Waals surface area contributed by atoms with Crippen molar-refractivity contribution >= 4 is 17.4 Å². The lowest BCUT2D eigenvalue weighted by Crippen LogP contribution is -1.96. The predicted molar refractivity (Wildman–Crippen MR) is 50.6 cm³/mol. The van der Waals surface area contributed by atoms with Gasteiger partial charge in [0.05, 0.1) is 5.02 Å². The molecule has 0 radical (unpaired) electrons. The number of allylic oxidation sites excluding steroid dienone is 2. The maximum absolute atomic E-state index is 12.7. The third-order valence-electron chi connectivity index (χ3n) is 1.51. The van der Waals surface area contributed by atoms with Gasteiger partial charge in [-0.05, 0) is 31.2 Å². The number of halogens is 2. The lowest BCUT2D eigenvalue weighted by Gasteiger charge is -1.98. The van der Waals surface area contributed by atoms with Crippen molar-refractivity contribution < 1.29 is 9.18 Å². The quantitative estimate of drug-likeness (QED) is 0.527. The predicted octanol–water partition coefficient (Wildman–Crippen LogP) is 3.24. The van der Waals surface area contributed by atoms with Crippen LogP contribution in [0, 0.1) is 5.82 Å². The van der Waals surface area contributed by atoms with E-state index in [0.717, 1.165) is 6.07 Å². The van der Waals surface area contributed by atoms with Gasteiger partial charge in [-0.1, -0.05) is 17.7 Å². The summed E-state index contributed by atoms with van der Waals surface area (Å²) >= 11 is 5.71. The largest absolute Gasteiger partial charge is 0.289 e. The van der Waals surface area contributed by atoms with Crippen LogP contribution in [0.25, 0.3) is 0 Å². The first-order valence-electron chi connectivity index (χ1n) is 3.77. The van der Waals surface area contributed by atoms with Gasteiger partial charge in [-0.3, -0.25) is 4.79 Å². The second-order valence-corrected chi connectivity index (χ2v) is 2.90. The zero-order chi connectivity index (χ0) is 9.84. The molecule has 0 saturated heterocycles. The van der Waals surface area contributed by atoms with Crippen LogP contribution in [0.3, 0.4) is 0 Å². The van der Waals surface area contributed by atoms with Crippen LogP contribution >= 0.6 is 11.6 Å². The van der Waals surface area contributed by atoms with Crippen molar-refractivity contribution in [3.05, 3.63) is 46.8 Å². The minimum atomic E-state index is -0.461. The van der Waals surface area contributed by atoms with E-state index in [1.165, 1.54) is 18.2 Å². The number of hydrogen-bond acceptors (Lipinski definition) is 1. The fourth-order valence-electron chi connectivity index (χ4n) is 0.927. The van der Waals surface area contributed by atoms with E-state index in [9.17, 15) is 9.18 Å². The SMILES string of the molecule is CC=CC(=O)c1cc(F)ccc1Cl. The molecular weight excluding hydrogens is 191 g/mol. The Morgan fingerprint density at radius 3 is 2.85 bits per heavy atom. The molecule has 13 heavy (non-hydrogen) atoms. The molecule has 0 amide bonds. The summed E-state index contributed by atoms with van der Waals surface area (Å²) in [5.41, 5.74) is 0.194. The molecule has 0 aliphatic rings. The van der Waals surface area contributed by atoms with Crippen LogP contribution in [-0.4, -0.2) is 5.78 Å². The van der Waals surface area contributed by atoms with Crippen LogP contribution in [-0.2, 0) is 0 Å². The van der Waals surface area contributed by atoms with Crippen LogP contribution in [0.1, 0.15) is 17.3 Å². The first kappa shape index (κ1) is 9.93. The van der Waals surface area contributed by atoms with E-state index in [1.54, 1.807) is 13.0 Å². The second kappa shape index (κ2) is 4.19. The van der Waals surface area contributed by atoms with Crippen molar-refractivity contribution in [2.24, 2.45) is 0 Å². The second-order valence-electron chi connectivity index (χ2n) is 2.49. The normalized spacial score (nSPS) is 10.7. The molecule has 0 bridgehead atoms. The molecular formula is C10H8ClFO. The summed E-state index contributed by atoms with van der Waals surface area (Å²) in [5.74, 6) is -0.746. The molecule has 0 atom stereocenters. The summed E-state index contributed by atoms with van der Waals surface area (Å²) in [4.78, 5) is 11.3. The molecule has 68 valence electrons. The molecule has 0 heterocycles. The van der Waals surface area contributed by atoms with E-state index >= 15 is 0 Å². The summed E-state index contributed by atoms with van der Waals surface area (Å²) in [7, 11) is 0. The minimum Gasteiger partial charge on any atom is -0.289 e. The summed E-state index contributed by atoms with van der Waals surface area (Å²) < 4.78 is 12.7. The van der Waals surface area contributed by atoms with Crippen molar-refractivity contribution in [3.63, 3.8) is 0 Å². The van der Waals surface area contributed by atoms with Gasteiger partial charge in [0.1, 0.15) is 5.82 Å². The van der Waals surface area contributed by atoms with E-state index in [1.807, 2.05) is 0 Å². The summed E-state index contributed by atoms with van der Waals surface area (Å²) in [5, 5.41) is 0.268. The van der Waals surface area contributed by atoms with Crippen LogP contribution in [0.15, 0.2) is 30.4 Å². The number of carbonyl (C=O) groups is 1. The maximum Gasteiger partial charge on any atom is 0.187 e. The molecule has 0 aromatic heterocycles. The highest BCUT2D eigenvalue weighted by molar-refractivity contribution is 6.34. The Hall–Kier alpha value is -1.15. The molecule has 0 unspecified atom stereocenters. The molecule has 1 aromatic rings. The molecule has 1 rings (SSSR count). The Labute approximate surface area is 80.8 Å². The molecule has 0 aliphatic heterocycles. The van der Waals surface area contributed by atoms with Gasteiger partial charge in [0, 0.05) is 5.56 Å². The average molecular weight is 199 g/mol. The van der Waals surface area contributed by atoms with Gasteiger partial charge in [0.15, 0.2) is 5.78 Å². The first-order chi connectivity index (χ1) is 6.15. The van der Waals surface area contributed by atoms with Crippen molar-refractivity contribution in [1.29, 1.82) is 0 Å². The van der Waals surface area contributed by atoms with Crippen molar-refractivity contribution in [3.8, 4) is 0 Å². The highest BCUT2D eigenvalue weighted by atomic mass is 35.5. The zero-order valence-electron chi connectivity index (χ0n) is 7.05. The monoisotopic (exact) mass is 198 g/mol. The fraction of sp³-hybridized carbons (Fsp3) is 0.100. The Morgan fingerprint density at radius 1 is 1.54 bits per heavy atom. The highest BCUT2D eigenvalue weighted by Crippen LogP contribution is 2.17. The van der Waals surface area contributed by atoms with E-state index in [0.29, 0.717) is 0 Å². The third-order valence-corrected chi connectivity index (χ3v) is 1.84. The standard InChI is InChI=1S/C10H8ClFO/c1-2-3-10(13)8-6-7(12)4-5-9(8)11/h2-6H,1H3. The van der Waals surface area contributed by atoms with Crippen molar-refractivity contribution in [2.45, 2.75) is 6.92 Å². The van der Waals surface area contributed by atoms with Gasteiger partial charge in [-0.25, -0.2) is 4.39 Å². The smallest absolute Gasteiger partial charge is 0.187 e. The molecule has 0 spiro atoms. The van der Waals surface area contributed by atoms with Gasteiger partial charge in [-0.2, -0.15) is 0 Å². The lowest BCUT2D eigenvalue weighted by atomic mass is 10.1. The molecule has 0 aliphatic carbocycles. The minimum absolute atomic E-state index is 0.194. The summed E-state index contributed by atoms with van der Waals surface area (Å²) in [6, 6.07) is 3.72. The van der Waals surface area contributed by atoms with Gasteiger partial charge < -0.3 is 0 Å². The Kier molecular flexibility index (Phi) is 3.20. The molecule has 0 N–H and O–H groups in total. The molecule has 3 heteroatoms. The maximum atomic E-state index is 12.7. The zero-order valence-corrected chi connectivity index (χ0v) is 7.81. The number of benzene rings is 1. The van der Waals surface area contributed by atoms with E-state index < -0.39 is 5.82 Å². The van der Waals surface area contributed by atoms with Crippen molar-refractivity contribution in [1.82, 2.24) is 0 Å². The van der Waals surface area contributed by atoms with Gasteiger partial charge in [0.25, 0.3) is 0 Å². The summed E-state index contributed by atoms with van der Waals surface area (Å²) in [6.45, 7) is 1.71. The van der Waals surface area contributed by atoms with E-state index in [-0.39, 0.29) is 16.4 Å². The molecule has 0 fully saturated rings. The third kappa shape index (κ3) is 2.39. The Balaban J connectivity index is 3.13. The number of hydrogen-bond donors (Lipinski definition) is 0. The number of ketones is 1. The van der Waals surface area contributed by atoms with E-state index in [4.69, 9.17) is 11.6 Å². The molecule has 0 saturated carbocycles. The number of carbonyl (C=O) groups excluding carboxylic acids is 1. The molecule has 1 nitrogen and oxygen atoms in total. The van der Waals surface area contributed by atoms with Crippen LogP contribution < -0.4 is 0 Å². The van der Waals surface area contributed by atoms with E-state index in [2.05, 4.69) is 0 Å². The van der Waals surface area contributed by atoms with Crippen LogP contribution in [0.5, 0.6) is 0 Å². The van der Waals surface area contributed by atoms with Crippen LogP contribution in [0.4, 0.5) is 4.39 Å². The fourth-order valence-corrected chi connectivity index (χ4v) is 1.14. The van der Waals surface area contributed by atoms with Crippen molar-refractivity contribution in [2.75, 3.05) is 0 Å². The first-order valence-corrected chi connectivity index (χ1v) is 4.15. The van der Waals surface area contributed by atoms with Gasteiger partial charge in [0.2, 0.25) is 0 Å².